The van der Waals surface area contributed by atoms with Crippen molar-refractivity contribution >= 4 is 32.6 Å². The van der Waals surface area contributed by atoms with Crippen molar-refractivity contribution in [2.45, 2.75) is 19.6 Å². The molecule has 0 aliphatic carbocycles. The molecular formula is C18H18N2O3S. The molecule has 0 saturated heterocycles. The van der Waals surface area contributed by atoms with Crippen LogP contribution in [0.3, 0.4) is 0 Å². The summed E-state index contributed by atoms with van der Waals surface area (Å²) < 4.78 is 11.9. The fourth-order valence-corrected chi connectivity index (χ4v) is 3.06. The molecule has 6 heteroatoms. The van der Waals surface area contributed by atoms with Crippen LogP contribution in [-0.2, 0) is 16.1 Å². The lowest BCUT2D eigenvalue weighted by molar-refractivity contribution is -0.127. The maximum absolute atomic E-state index is 12.2. The van der Waals surface area contributed by atoms with E-state index in [4.69, 9.17) is 9.47 Å². The van der Waals surface area contributed by atoms with Gasteiger partial charge in [0.25, 0.3) is 5.91 Å². The number of carbonyl (C=O) groups excluding carboxylic acids is 1. The third-order valence-electron chi connectivity index (χ3n) is 3.53. The van der Waals surface area contributed by atoms with Crippen LogP contribution in [0.4, 0.5) is 5.13 Å². The normalized spacial score (nSPS) is 12.1. The Morgan fingerprint density at radius 1 is 1.25 bits per heavy atom. The minimum Gasteiger partial charge on any atom is -0.497 e. The van der Waals surface area contributed by atoms with Gasteiger partial charge in [0.2, 0.25) is 0 Å². The summed E-state index contributed by atoms with van der Waals surface area (Å²) >= 11 is 1.45. The van der Waals surface area contributed by atoms with Crippen molar-refractivity contribution in [3.63, 3.8) is 0 Å². The quantitative estimate of drug-likeness (QED) is 0.739. The number of para-hydroxylation sites is 1. The number of thiazole rings is 1. The molecule has 1 aromatic heterocycles. The van der Waals surface area contributed by atoms with Crippen LogP contribution < -0.4 is 10.1 Å². The molecule has 5 nitrogen and oxygen atoms in total. The van der Waals surface area contributed by atoms with Crippen molar-refractivity contribution in [1.82, 2.24) is 4.98 Å². The van der Waals surface area contributed by atoms with Gasteiger partial charge in [0.15, 0.2) is 5.13 Å². The van der Waals surface area contributed by atoms with Gasteiger partial charge >= 0.3 is 0 Å². The molecule has 0 saturated carbocycles. The van der Waals surface area contributed by atoms with E-state index in [-0.39, 0.29) is 5.91 Å². The highest BCUT2D eigenvalue weighted by atomic mass is 32.1. The number of amides is 1. The van der Waals surface area contributed by atoms with Crippen molar-refractivity contribution in [3.8, 4) is 5.75 Å². The zero-order valence-electron chi connectivity index (χ0n) is 13.5. The summed E-state index contributed by atoms with van der Waals surface area (Å²) in [6.45, 7) is 2.06. The highest BCUT2D eigenvalue weighted by Crippen LogP contribution is 2.25. The fourth-order valence-electron chi connectivity index (χ4n) is 2.19. The van der Waals surface area contributed by atoms with Crippen LogP contribution in [0, 0.1) is 0 Å². The molecule has 0 aliphatic heterocycles. The highest BCUT2D eigenvalue weighted by Gasteiger charge is 2.15. The van der Waals surface area contributed by atoms with E-state index in [1.54, 1.807) is 14.0 Å². The van der Waals surface area contributed by atoms with Crippen LogP contribution >= 0.6 is 11.3 Å². The summed E-state index contributed by atoms with van der Waals surface area (Å²) in [5.74, 6) is 0.555. The zero-order valence-corrected chi connectivity index (χ0v) is 14.3. The first-order valence-corrected chi connectivity index (χ1v) is 8.38. The molecule has 124 valence electrons. The Kier molecular flexibility index (Phi) is 5.08. The minimum absolute atomic E-state index is 0.211. The number of hydrogen-bond acceptors (Lipinski definition) is 5. The smallest absolute Gasteiger partial charge is 0.255 e. The maximum Gasteiger partial charge on any atom is 0.255 e. The second-order valence-electron chi connectivity index (χ2n) is 5.28. The van der Waals surface area contributed by atoms with Gasteiger partial charge in [-0.2, -0.15) is 0 Å². The van der Waals surface area contributed by atoms with E-state index >= 15 is 0 Å². The molecule has 0 aliphatic rings. The second kappa shape index (κ2) is 7.42. The molecule has 2 aromatic carbocycles. The molecule has 1 N–H and O–H groups in total. The van der Waals surface area contributed by atoms with Gasteiger partial charge in [-0.25, -0.2) is 4.98 Å². The molecule has 3 aromatic rings. The zero-order chi connectivity index (χ0) is 16.9. The molecule has 3 rings (SSSR count). The van der Waals surface area contributed by atoms with E-state index in [2.05, 4.69) is 10.3 Å². The fraction of sp³-hybridized carbons (Fsp3) is 0.222. The first-order valence-electron chi connectivity index (χ1n) is 7.56. The Balaban J connectivity index is 1.58. The Labute approximate surface area is 144 Å². The predicted molar refractivity (Wildman–Crippen MR) is 95.5 cm³/mol. The minimum atomic E-state index is -0.580. The number of ether oxygens (including phenoxy) is 2. The van der Waals surface area contributed by atoms with E-state index in [0.29, 0.717) is 11.7 Å². The molecule has 1 heterocycles. The lowest BCUT2D eigenvalue weighted by Crippen LogP contribution is -2.27. The summed E-state index contributed by atoms with van der Waals surface area (Å²) in [6.07, 6.45) is -0.580. The van der Waals surface area contributed by atoms with E-state index < -0.39 is 6.10 Å². The lowest BCUT2D eigenvalue weighted by Gasteiger charge is -2.12. The lowest BCUT2D eigenvalue weighted by atomic mass is 10.2. The highest BCUT2D eigenvalue weighted by molar-refractivity contribution is 7.22. The van der Waals surface area contributed by atoms with Crippen LogP contribution in [0.1, 0.15) is 12.5 Å². The number of anilines is 1. The van der Waals surface area contributed by atoms with E-state index in [1.807, 2.05) is 48.5 Å². The summed E-state index contributed by atoms with van der Waals surface area (Å²) in [6, 6.07) is 15.4. The van der Waals surface area contributed by atoms with Crippen LogP contribution in [0.5, 0.6) is 5.75 Å². The average Bonchev–Trinajstić information content (AvgIpc) is 3.02. The van der Waals surface area contributed by atoms with Crippen molar-refractivity contribution < 1.29 is 14.3 Å². The number of nitrogens with zero attached hydrogens (tertiary/aromatic N) is 1. The van der Waals surface area contributed by atoms with Gasteiger partial charge in [0.1, 0.15) is 11.9 Å². The first kappa shape index (κ1) is 16.4. The number of rotatable bonds is 6. The predicted octanol–water partition coefficient (Wildman–Crippen LogP) is 3.85. The molecule has 1 unspecified atom stereocenters. The molecule has 1 amide bonds. The number of carbonyl (C=O) groups is 1. The number of fused-ring (bicyclic) bond motifs is 1. The van der Waals surface area contributed by atoms with Gasteiger partial charge < -0.3 is 9.47 Å². The van der Waals surface area contributed by atoms with Gasteiger partial charge in [0.05, 0.1) is 23.9 Å². The molecule has 0 radical (unpaired) electrons. The monoisotopic (exact) mass is 342 g/mol. The van der Waals surface area contributed by atoms with Crippen LogP contribution in [-0.4, -0.2) is 24.1 Å². The van der Waals surface area contributed by atoms with Crippen molar-refractivity contribution in [1.29, 1.82) is 0 Å². The van der Waals surface area contributed by atoms with E-state index in [0.717, 1.165) is 21.5 Å². The summed E-state index contributed by atoms with van der Waals surface area (Å²) in [4.78, 5) is 16.6. The van der Waals surface area contributed by atoms with Gasteiger partial charge in [0, 0.05) is 0 Å². The van der Waals surface area contributed by atoms with Crippen LogP contribution in [0.15, 0.2) is 48.5 Å². The van der Waals surface area contributed by atoms with Gasteiger partial charge in [-0.15, -0.1) is 0 Å². The number of benzene rings is 2. The van der Waals surface area contributed by atoms with Crippen LogP contribution in [0.2, 0.25) is 0 Å². The maximum atomic E-state index is 12.2. The largest absolute Gasteiger partial charge is 0.497 e. The van der Waals surface area contributed by atoms with Gasteiger partial charge in [-0.1, -0.05) is 35.6 Å². The Morgan fingerprint density at radius 2 is 2.08 bits per heavy atom. The van der Waals surface area contributed by atoms with Crippen molar-refractivity contribution in [2.75, 3.05) is 12.4 Å². The van der Waals surface area contributed by atoms with Gasteiger partial charge in [-0.05, 0) is 36.8 Å². The standard InChI is InChI=1S/C18H18N2O3S/c1-12(23-11-13-6-5-7-14(10-13)22-2)17(21)20-18-19-15-8-3-4-9-16(15)24-18/h3-10,12H,11H2,1-2H3,(H,19,20,21). The van der Waals surface area contributed by atoms with E-state index in [9.17, 15) is 4.79 Å². The molecule has 0 spiro atoms. The van der Waals surface area contributed by atoms with E-state index in [1.165, 1.54) is 11.3 Å². The van der Waals surface area contributed by atoms with Crippen molar-refractivity contribution in [2.24, 2.45) is 0 Å². The van der Waals surface area contributed by atoms with Crippen molar-refractivity contribution in [3.05, 3.63) is 54.1 Å². The summed E-state index contributed by atoms with van der Waals surface area (Å²) in [5.41, 5.74) is 1.83. The molecular weight excluding hydrogens is 324 g/mol. The first-order chi connectivity index (χ1) is 11.7. The van der Waals surface area contributed by atoms with Gasteiger partial charge in [-0.3, -0.25) is 10.1 Å². The second-order valence-corrected chi connectivity index (χ2v) is 6.31. The average molecular weight is 342 g/mol. The molecule has 0 bridgehead atoms. The Hall–Kier alpha value is -2.44. The topological polar surface area (TPSA) is 60.5 Å². The molecule has 1 atom stereocenters. The third-order valence-corrected chi connectivity index (χ3v) is 4.48. The number of aromatic nitrogens is 1. The number of methoxy groups -OCH3 is 1. The molecule has 0 fully saturated rings. The SMILES string of the molecule is COc1cccc(COC(C)C(=O)Nc2nc3ccccc3s2)c1. The summed E-state index contributed by atoms with van der Waals surface area (Å²) in [5, 5.41) is 3.39. The molecule has 24 heavy (non-hydrogen) atoms. The number of nitrogens with one attached hydrogen (secondary N) is 1. The number of hydrogen-bond donors (Lipinski definition) is 1. The third kappa shape index (κ3) is 3.90. The summed E-state index contributed by atoms with van der Waals surface area (Å²) in [7, 11) is 1.62. The van der Waals surface area contributed by atoms with Crippen LogP contribution in [0.25, 0.3) is 10.2 Å². The Morgan fingerprint density at radius 3 is 2.88 bits per heavy atom. The Bertz CT molecular complexity index is 814.